The standard InChI is InChI=1S/C16H17NO2S/c1-11-6-14-7-12(2-3-15(14)19-11)9-17-16(18)8-13-4-5-20-10-13/h2-5,7,10-11H,6,8-9H2,1H3,(H,17,18)/t11-/m1/s1. The molecule has 20 heavy (non-hydrogen) atoms. The van der Waals surface area contributed by atoms with Crippen LogP contribution >= 0.6 is 11.3 Å². The lowest BCUT2D eigenvalue weighted by Gasteiger charge is -2.06. The second kappa shape index (κ2) is 5.67. The summed E-state index contributed by atoms with van der Waals surface area (Å²) in [5, 5.41) is 6.96. The number of fused-ring (bicyclic) bond motifs is 1. The van der Waals surface area contributed by atoms with Crippen LogP contribution in [0.3, 0.4) is 0 Å². The lowest BCUT2D eigenvalue weighted by molar-refractivity contribution is -0.120. The highest BCUT2D eigenvalue weighted by Crippen LogP contribution is 2.29. The van der Waals surface area contributed by atoms with Crippen LogP contribution < -0.4 is 10.1 Å². The summed E-state index contributed by atoms with van der Waals surface area (Å²) in [4.78, 5) is 11.8. The van der Waals surface area contributed by atoms with Gasteiger partial charge in [-0.25, -0.2) is 0 Å². The molecule has 0 radical (unpaired) electrons. The molecule has 104 valence electrons. The fourth-order valence-corrected chi connectivity index (χ4v) is 3.10. The van der Waals surface area contributed by atoms with E-state index < -0.39 is 0 Å². The Balaban J connectivity index is 1.56. The Bertz CT molecular complexity index is 607. The van der Waals surface area contributed by atoms with Crippen LogP contribution in [0.1, 0.15) is 23.6 Å². The van der Waals surface area contributed by atoms with Gasteiger partial charge in [0.15, 0.2) is 0 Å². The fourth-order valence-electron chi connectivity index (χ4n) is 2.43. The van der Waals surface area contributed by atoms with Crippen LogP contribution in [-0.2, 0) is 24.2 Å². The maximum Gasteiger partial charge on any atom is 0.224 e. The highest BCUT2D eigenvalue weighted by Gasteiger charge is 2.18. The fraction of sp³-hybridized carbons (Fsp3) is 0.312. The minimum atomic E-state index is 0.0634. The maximum absolute atomic E-state index is 11.8. The van der Waals surface area contributed by atoms with Crippen LogP contribution in [-0.4, -0.2) is 12.0 Å². The first-order valence-corrected chi connectivity index (χ1v) is 7.71. The molecule has 3 rings (SSSR count). The zero-order valence-electron chi connectivity index (χ0n) is 11.4. The number of ether oxygens (including phenoxy) is 1. The summed E-state index contributed by atoms with van der Waals surface area (Å²) in [5.41, 5.74) is 3.44. The zero-order chi connectivity index (χ0) is 13.9. The minimum absolute atomic E-state index is 0.0634. The normalized spacial score (nSPS) is 16.6. The summed E-state index contributed by atoms with van der Waals surface area (Å²) in [6, 6.07) is 8.13. The van der Waals surface area contributed by atoms with Crippen molar-refractivity contribution in [3.63, 3.8) is 0 Å². The summed E-state index contributed by atoms with van der Waals surface area (Å²) < 4.78 is 5.67. The molecule has 0 aliphatic carbocycles. The van der Waals surface area contributed by atoms with E-state index in [4.69, 9.17) is 4.74 Å². The van der Waals surface area contributed by atoms with Gasteiger partial charge in [0.25, 0.3) is 0 Å². The molecule has 3 nitrogen and oxygen atoms in total. The Morgan fingerprint density at radius 3 is 3.10 bits per heavy atom. The van der Waals surface area contributed by atoms with Crippen LogP contribution in [0, 0.1) is 0 Å². The average Bonchev–Trinajstić information content (AvgIpc) is 3.04. The molecule has 0 saturated heterocycles. The third-order valence-electron chi connectivity index (χ3n) is 3.39. The average molecular weight is 287 g/mol. The van der Waals surface area contributed by atoms with Gasteiger partial charge in [-0.3, -0.25) is 4.79 Å². The number of nitrogens with one attached hydrogen (secondary N) is 1. The molecule has 2 aromatic rings. The highest BCUT2D eigenvalue weighted by atomic mass is 32.1. The van der Waals surface area contributed by atoms with Crippen molar-refractivity contribution in [2.75, 3.05) is 0 Å². The zero-order valence-corrected chi connectivity index (χ0v) is 12.2. The van der Waals surface area contributed by atoms with Gasteiger partial charge in [-0.1, -0.05) is 12.1 Å². The first kappa shape index (κ1) is 13.2. The van der Waals surface area contributed by atoms with Crippen molar-refractivity contribution in [2.45, 2.75) is 32.4 Å². The smallest absolute Gasteiger partial charge is 0.224 e. The molecule has 2 heterocycles. The van der Waals surface area contributed by atoms with Gasteiger partial charge in [-0.05, 0) is 46.5 Å². The quantitative estimate of drug-likeness (QED) is 0.939. The van der Waals surface area contributed by atoms with E-state index in [1.165, 1.54) is 5.56 Å². The van der Waals surface area contributed by atoms with E-state index in [1.807, 2.05) is 29.0 Å². The molecule has 0 bridgehead atoms. The van der Waals surface area contributed by atoms with Crippen LogP contribution in [0.4, 0.5) is 0 Å². The van der Waals surface area contributed by atoms with E-state index in [-0.39, 0.29) is 12.0 Å². The molecular weight excluding hydrogens is 270 g/mol. The number of benzene rings is 1. The second-order valence-corrected chi connectivity index (χ2v) is 5.94. The Kier molecular flexibility index (Phi) is 3.74. The number of carbonyl (C=O) groups is 1. The van der Waals surface area contributed by atoms with Crippen molar-refractivity contribution in [3.8, 4) is 5.75 Å². The van der Waals surface area contributed by atoms with Gasteiger partial charge in [-0.15, -0.1) is 0 Å². The molecule has 1 amide bonds. The van der Waals surface area contributed by atoms with E-state index in [0.717, 1.165) is 23.3 Å². The Labute approximate surface area is 122 Å². The van der Waals surface area contributed by atoms with Crippen molar-refractivity contribution in [2.24, 2.45) is 0 Å². The number of thiophene rings is 1. The molecule has 1 aromatic heterocycles. The highest BCUT2D eigenvalue weighted by molar-refractivity contribution is 7.07. The van der Waals surface area contributed by atoms with Crippen LogP contribution in [0.5, 0.6) is 5.75 Å². The van der Waals surface area contributed by atoms with E-state index in [0.29, 0.717) is 13.0 Å². The second-order valence-electron chi connectivity index (χ2n) is 5.16. The van der Waals surface area contributed by atoms with Gasteiger partial charge in [0, 0.05) is 13.0 Å². The number of carbonyl (C=O) groups excluding carboxylic acids is 1. The molecule has 0 spiro atoms. The number of rotatable bonds is 4. The number of amides is 1. The maximum atomic E-state index is 11.8. The molecule has 1 aliphatic heterocycles. The van der Waals surface area contributed by atoms with Crippen molar-refractivity contribution >= 4 is 17.2 Å². The van der Waals surface area contributed by atoms with Gasteiger partial charge in [-0.2, -0.15) is 11.3 Å². The van der Waals surface area contributed by atoms with E-state index in [2.05, 4.69) is 18.3 Å². The first-order chi connectivity index (χ1) is 9.70. The van der Waals surface area contributed by atoms with E-state index >= 15 is 0 Å². The molecule has 0 saturated carbocycles. The van der Waals surface area contributed by atoms with Crippen molar-refractivity contribution in [3.05, 3.63) is 51.7 Å². The predicted molar refractivity (Wildman–Crippen MR) is 80.1 cm³/mol. The molecule has 1 aromatic carbocycles. The topological polar surface area (TPSA) is 38.3 Å². The van der Waals surface area contributed by atoms with Gasteiger partial charge >= 0.3 is 0 Å². The van der Waals surface area contributed by atoms with Crippen LogP contribution in [0.2, 0.25) is 0 Å². The van der Waals surface area contributed by atoms with E-state index in [9.17, 15) is 4.79 Å². The van der Waals surface area contributed by atoms with Crippen molar-refractivity contribution < 1.29 is 9.53 Å². The van der Waals surface area contributed by atoms with Crippen molar-refractivity contribution in [1.82, 2.24) is 5.32 Å². The van der Waals surface area contributed by atoms with Crippen LogP contribution in [0.15, 0.2) is 35.0 Å². The molecular formula is C16H17NO2S. The third kappa shape index (κ3) is 3.02. The van der Waals surface area contributed by atoms with Gasteiger partial charge < -0.3 is 10.1 Å². The lowest BCUT2D eigenvalue weighted by Crippen LogP contribution is -2.24. The van der Waals surface area contributed by atoms with Gasteiger partial charge in [0.1, 0.15) is 11.9 Å². The molecule has 0 fully saturated rings. The monoisotopic (exact) mass is 287 g/mol. The van der Waals surface area contributed by atoms with E-state index in [1.54, 1.807) is 11.3 Å². The number of hydrogen-bond acceptors (Lipinski definition) is 3. The summed E-state index contributed by atoms with van der Waals surface area (Å²) >= 11 is 1.62. The Hall–Kier alpha value is -1.81. The molecule has 4 heteroatoms. The van der Waals surface area contributed by atoms with Gasteiger partial charge in [0.05, 0.1) is 6.42 Å². The molecule has 1 aliphatic rings. The largest absolute Gasteiger partial charge is 0.490 e. The summed E-state index contributed by atoms with van der Waals surface area (Å²) in [7, 11) is 0. The molecule has 1 N–H and O–H groups in total. The van der Waals surface area contributed by atoms with Crippen molar-refractivity contribution in [1.29, 1.82) is 0 Å². The number of hydrogen-bond donors (Lipinski definition) is 1. The summed E-state index contributed by atoms with van der Waals surface area (Å²) in [6.45, 7) is 2.65. The summed E-state index contributed by atoms with van der Waals surface area (Å²) in [5.74, 6) is 1.04. The first-order valence-electron chi connectivity index (χ1n) is 6.77. The molecule has 1 atom stereocenters. The minimum Gasteiger partial charge on any atom is -0.490 e. The lowest BCUT2D eigenvalue weighted by atomic mass is 10.1. The van der Waals surface area contributed by atoms with Gasteiger partial charge in [0.2, 0.25) is 5.91 Å². The predicted octanol–water partition coefficient (Wildman–Crippen LogP) is 2.93. The summed E-state index contributed by atoms with van der Waals surface area (Å²) in [6.07, 6.45) is 1.66. The SMILES string of the molecule is C[C@@H]1Cc2cc(CNC(=O)Cc3ccsc3)ccc2O1. The third-order valence-corrected chi connectivity index (χ3v) is 4.13. The Morgan fingerprint density at radius 1 is 1.40 bits per heavy atom. The molecule has 0 unspecified atom stereocenters. The Morgan fingerprint density at radius 2 is 2.30 bits per heavy atom. The van der Waals surface area contributed by atoms with Crippen LogP contribution in [0.25, 0.3) is 0 Å².